The largest absolute Gasteiger partial charge is 0.395 e. The topological polar surface area (TPSA) is 78.6 Å². The van der Waals surface area contributed by atoms with Gasteiger partial charge in [0.25, 0.3) is 5.69 Å². The maximum atomic E-state index is 11.0. The van der Waals surface area contributed by atoms with Crippen LogP contribution in [0.3, 0.4) is 0 Å². The van der Waals surface area contributed by atoms with Crippen molar-refractivity contribution in [3.63, 3.8) is 0 Å². The van der Waals surface area contributed by atoms with E-state index in [0.29, 0.717) is 6.54 Å². The first-order chi connectivity index (χ1) is 9.62. The predicted molar refractivity (Wildman–Crippen MR) is 81.5 cm³/mol. The summed E-state index contributed by atoms with van der Waals surface area (Å²) in [5.41, 5.74) is 1.59. The van der Waals surface area contributed by atoms with Gasteiger partial charge in [-0.05, 0) is 18.9 Å². The molecule has 0 saturated heterocycles. The lowest BCUT2D eigenvalue weighted by molar-refractivity contribution is -0.384. The molecule has 1 rings (SSSR count). The molecule has 112 valence electrons. The standard InChI is InChI=1S/C14H23N3O3/c1-3-5-15-12-9-13(11-14(10-12)17(19)20)16(6-4-2)7-8-18/h9-11,15,18H,3-8H2,1-2H3. The lowest BCUT2D eigenvalue weighted by Gasteiger charge is -2.24. The fraction of sp³-hybridized carbons (Fsp3) is 0.571. The maximum Gasteiger partial charge on any atom is 0.273 e. The molecule has 0 unspecified atom stereocenters. The van der Waals surface area contributed by atoms with Gasteiger partial charge in [-0.25, -0.2) is 0 Å². The minimum absolute atomic E-state index is 0.0282. The number of aliphatic hydroxyl groups excluding tert-OH is 1. The molecule has 0 amide bonds. The Morgan fingerprint density at radius 2 is 2.00 bits per heavy atom. The lowest BCUT2D eigenvalue weighted by Crippen LogP contribution is -2.27. The van der Waals surface area contributed by atoms with Crippen molar-refractivity contribution in [2.24, 2.45) is 0 Å². The van der Waals surface area contributed by atoms with E-state index in [-0.39, 0.29) is 17.2 Å². The minimum Gasteiger partial charge on any atom is -0.395 e. The number of hydrogen-bond donors (Lipinski definition) is 2. The summed E-state index contributed by atoms with van der Waals surface area (Å²) >= 11 is 0. The smallest absolute Gasteiger partial charge is 0.273 e. The molecule has 0 fully saturated rings. The lowest BCUT2D eigenvalue weighted by atomic mass is 10.2. The molecule has 0 radical (unpaired) electrons. The van der Waals surface area contributed by atoms with E-state index >= 15 is 0 Å². The highest BCUT2D eigenvalue weighted by Crippen LogP contribution is 2.27. The molecule has 0 aliphatic rings. The zero-order chi connectivity index (χ0) is 15.0. The third kappa shape index (κ3) is 4.70. The van der Waals surface area contributed by atoms with E-state index in [1.54, 1.807) is 12.1 Å². The number of benzene rings is 1. The first kappa shape index (κ1) is 16.2. The summed E-state index contributed by atoms with van der Waals surface area (Å²) in [6.45, 7) is 6.12. The quantitative estimate of drug-likeness (QED) is 0.537. The Morgan fingerprint density at radius 3 is 2.55 bits per heavy atom. The minimum atomic E-state index is -0.385. The van der Waals surface area contributed by atoms with Crippen molar-refractivity contribution in [1.82, 2.24) is 0 Å². The van der Waals surface area contributed by atoms with Crippen LogP contribution < -0.4 is 10.2 Å². The molecule has 0 saturated carbocycles. The number of nitro benzene ring substituents is 1. The number of nitrogens with one attached hydrogen (secondary N) is 1. The van der Waals surface area contributed by atoms with Crippen molar-refractivity contribution >= 4 is 17.1 Å². The van der Waals surface area contributed by atoms with Crippen LogP contribution >= 0.6 is 0 Å². The van der Waals surface area contributed by atoms with Crippen molar-refractivity contribution in [1.29, 1.82) is 0 Å². The highest BCUT2D eigenvalue weighted by molar-refractivity contribution is 5.64. The van der Waals surface area contributed by atoms with Crippen molar-refractivity contribution in [3.05, 3.63) is 28.3 Å². The number of anilines is 2. The van der Waals surface area contributed by atoms with Gasteiger partial charge in [-0.2, -0.15) is 0 Å². The molecule has 6 nitrogen and oxygen atoms in total. The summed E-state index contributed by atoms with van der Waals surface area (Å²) in [6.07, 6.45) is 1.87. The number of hydrogen-bond acceptors (Lipinski definition) is 5. The molecule has 2 N–H and O–H groups in total. The Kier molecular flexibility index (Phi) is 6.79. The molecule has 0 aromatic heterocycles. The maximum absolute atomic E-state index is 11.0. The SMILES string of the molecule is CCCNc1cc(N(CCC)CCO)cc([N+](=O)[O-])c1. The van der Waals surface area contributed by atoms with E-state index in [0.717, 1.165) is 37.3 Å². The van der Waals surface area contributed by atoms with Gasteiger partial charge in [0.05, 0.1) is 11.5 Å². The van der Waals surface area contributed by atoms with Crippen LogP contribution in [0.15, 0.2) is 18.2 Å². The van der Waals surface area contributed by atoms with Crippen LogP contribution in [-0.2, 0) is 0 Å². The number of nitrogens with zero attached hydrogens (tertiary/aromatic N) is 2. The van der Waals surface area contributed by atoms with Gasteiger partial charge in [0.2, 0.25) is 0 Å². The molecule has 0 heterocycles. The van der Waals surface area contributed by atoms with Crippen LogP contribution in [0.25, 0.3) is 0 Å². The fourth-order valence-electron chi connectivity index (χ4n) is 2.02. The van der Waals surface area contributed by atoms with Crippen LogP contribution in [0.5, 0.6) is 0 Å². The number of aliphatic hydroxyl groups is 1. The Balaban J connectivity index is 3.07. The van der Waals surface area contributed by atoms with Gasteiger partial charge >= 0.3 is 0 Å². The van der Waals surface area contributed by atoms with E-state index in [4.69, 9.17) is 5.11 Å². The molecule has 0 aliphatic carbocycles. The molecule has 1 aromatic carbocycles. The predicted octanol–water partition coefficient (Wildman–Crippen LogP) is 2.63. The molecular formula is C14H23N3O3. The second-order valence-corrected chi connectivity index (χ2v) is 4.63. The van der Waals surface area contributed by atoms with Crippen LogP contribution in [0.1, 0.15) is 26.7 Å². The van der Waals surface area contributed by atoms with E-state index in [1.165, 1.54) is 0 Å². The highest BCUT2D eigenvalue weighted by atomic mass is 16.6. The highest BCUT2D eigenvalue weighted by Gasteiger charge is 2.13. The van der Waals surface area contributed by atoms with E-state index in [2.05, 4.69) is 5.32 Å². The molecular weight excluding hydrogens is 258 g/mol. The summed E-state index contributed by atoms with van der Waals surface area (Å²) in [7, 11) is 0. The number of rotatable bonds is 9. The third-order valence-electron chi connectivity index (χ3n) is 2.92. The van der Waals surface area contributed by atoms with Crippen molar-refractivity contribution in [3.8, 4) is 0 Å². The van der Waals surface area contributed by atoms with Gasteiger partial charge in [-0.3, -0.25) is 10.1 Å². The van der Waals surface area contributed by atoms with E-state index < -0.39 is 0 Å². The van der Waals surface area contributed by atoms with Gasteiger partial charge in [0.1, 0.15) is 0 Å². The van der Waals surface area contributed by atoms with Gasteiger partial charge in [0.15, 0.2) is 0 Å². The van der Waals surface area contributed by atoms with Crippen molar-refractivity contribution < 1.29 is 10.0 Å². The van der Waals surface area contributed by atoms with Crippen LogP contribution in [0.2, 0.25) is 0 Å². The Hall–Kier alpha value is -1.82. The van der Waals surface area contributed by atoms with Gasteiger partial charge in [-0.1, -0.05) is 13.8 Å². The average Bonchev–Trinajstić information content (AvgIpc) is 2.44. The summed E-state index contributed by atoms with van der Waals surface area (Å²) in [5, 5.41) is 23.3. The van der Waals surface area contributed by atoms with Gasteiger partial charge in [-0.15, -0.1) is 0 Å². The summed E-state index contributed by atoms with van der Waals surface area (Å²) in [4.78, 5) is 12.6. The molecule has 0 bridgehead atoms. The molecule has 0 aliphatic heterocycles. The average molecular weight is 281 g/mol. The Bertz CT molecular complexity index is 432. The zero-order valence-corrected chi connectivity index (χ0v) is 12.1. The Labute approximate surface area is 119 Å². The molecule has 1 aromatic rings. The Morgan fingerprint density at radius 1 is 1.25 bits per heavy atom. The molecule has 6 heteroatoms. The van der Waals surface area contributed by atoms with E-state index in [1.807, 2.05) is 24.8 Å². The monoisotopic (exact) mass is 281 g/mol. The third-order valence-corrected chi connectivity index (χ3v) is 2.92. The zero-order valence-electron chi connectivity index (χ0n) is 12.1. The summed E-state index contributed by atoms with van der Waals surface area (Å²) in [6, 6.07) is 5.00. The molecule has 0 spiro atoms. The van der Waals surface area contributed by atoms with Gasteiger partial charge in [0, 0.05) is 43.1 Å². The molecule has 20 heavy (non-hydrogen) atoms. The number of nitro groups is 1. The van der Waals surface area contributed by atoms with E-state index in [9.17, 15) is 10.1 Å². The van der Waals surface area contributed by atoms with Crippen LogP contribution in [-0.4, -0.2) is 36.3 Å². The van der Waals surface area contributed by atoms with Crippen molar-refractivity contribution in [2.75, 3.05) is 36.5 Å². The first-order valence-corrected chi connectivity index (χ1v) is 7.01. The second-order valence-electron chi connectivity index (χ2n) is 4.63. The first-order valence-electron chi connectivity index (χ1n) is 7.01. The number of non-ortho nitro benzene ring substituents is 1. The van der Waals surface area contributed by atoms with Gasteiger partial charge < -0.3 is 15.3 Å². The summed E-state index contributed by atoms with van der Waals surface area (Å²) in [5.74, 6) is 0. The van der Waals surface area contributed by atoms with Crippen LogP contribution in [0.4, 0.5) is 17.1 Å². The van der Waals surface area contributed by atoms with Crippen molar-refractivity contribution in [2.45, 2.75) is 26.7 Å². The van der Waals surface area contributed by atoms with Crippen LogP contribution in [0, 0.1) is 10.1 Å². The second kappa shape index (κ2) is 8.37. The normalized spacial score (nSPS) is 10.3. The fourth-order valence-corrected chi connectivity index (χ4v) is 2.02. The molecule has 0 atom stereocenters. The summed E-state index contributed by atoms with van der Waals surface area (Å²) < 4.78 is 0.